The summed E-state index contributed by atoms with van der Waals surface area (Å²) >= 11 is 6.28. The van der Waals surface area contributed by atoms with Gasteiger partial charge in [0, 0.05) is 25.8 Å². The molecule has 0 atom stereocenters. The molecule has 0 saturated carbocycles. The molecule has 2 rings (SSSR count). The van der Waals surface area contributed by atoms with Crippen molar-refractivity contribution in [2.24, 2.45) is 0 Å². The summed E-state index contributed by atoms with van der Waals surface area (Å²) in [6, 6.07) is 6.77. The molecule has 1 saturated heterocycles. The van der Waals surface area contributed by atoms with E-state index in [2.05, 4.69) is 29.4 Å². The van der Waals surface area contributed by atoms with Crippen LogP contribution in [0.5, 0.6) is 0 Å². The molecule has 1 aliphatic rings. The lowest BCUT2D eigenvalue weighted by Gasteiger charge is -2.30. The van der Waals surface area contributed by atoms with Crippen LogP contribution in [0.2, 0.25) is 5.02 Å². The quantitative estimate of drug-likeness (QED) is 0.909. The van der Waals surface area contributed by atoms with Gasteiger partial charge in [0.15, 0.2) is 0 Å². The zero-order valence-electron chi connectivity index (χ0n) is 11.4. The first-order valence-electron chi connectivity index (χ1n) is 6.48. The van der Waals surface area contributed by atoms with E-state index in [0.717, 1.165) is 16.4 Å². The molecule has 0 spiro atoms. The van der Waals surface area contributed by atoms with Crippen molar-refractivity contribution in [2.45, 2.75) is 18.9 Å². The van der Waals surface area contributed by atoms with Crippen LogP contribution in [0, 0.1) is 0 Å². The lowest BCUT2D eigenvalue weighted by atomic mass is 10.1. The molecule has 0 amide bonds. The number of likely N-dealkylation sites (tertiary alicyclic amines) is 1. The zero-order chi connectivity index (χ0) is 13.1. The molecule has 0 aliphatic carbocycles. The minimum absolute atomic E-state index is 0.572. The molecule has 100 valence electrons. The average molecular weight is 268 g/mol. The maximum Gasteiger partial charge on any atom is 0.0659 e. The Morgan fingerprint density at radius 3 is 2.50 bits per heavy atom. The summed E-state index contributed by atoms with van der Waals surface area (Å²) in [6.45, 7) is 2.34. The molecule has 0 aromatic heterocycles. The number of hydrogen-bond donors (Lipinski definition) is 1. The van der Waals surface area contributed by atoms with Gasteiger partial charge in [-0.15, -0.1) is 0 Å². The third-order valence-electron chi connectivity index (χ3n) is 3.52. The summed E-state index contributed by atoms with van der Waals surface area (Å²) in [4.78, 5) is 4.40. The Kier molecular flexibility index (Phi) is 4.36. The van der Waals surface area contributed by atoms with Gasteiger partial charge in [0.05, 0.1) is 10.7 Å². The molecule has 1 aliphatic heterocycles. The van der Waals surface area contributed by atoms with E-state index in [9.17, 15) is 0 Å². The standard InChI is InChI=1S/C14H22ClN3/c1-17(2)14-5-4-12(10-13(14)15)16-11-6-8-18(3)9-7-11/h4-5,10-11,16H,6-9H2,1-3H3. The van der Waals surface area contributed by atoms with Crippen LogP contribution in [0.3, 0.4) is 0 Å². The van der Waals surface area contributed by atoms with Gasteiger partial charge >= 0.3 is 0 Å². The van der Waals surface area contributed by atoms with Gasteiger partial charge in [-0.3, -0.25) is 0 Å². The highest BCUT2D eigenvalue weighted by molar-refractivity contribution is 6.33. The maximum atomic E-state index is 6.28. The van der Waals surface area contributed by atoms with Crippen molar-refractivity contribution in [2.75, 3.05) is 44.4 Å². The van der Waals surface area contributed by atoms with Crippen molar-refractivity contribution < 1.29 is 0 Å². The molecule has 1 N–H and O–H groups in total. The summed E-state index contributed by atoms with van der Waals surface area (Å²) in [7, 11) is 6.19. The molecule has 1 heterocycles. The summed E-state index contributed by atoms with van der Waals surface area (Å²) in [5, 5.41) is 4.38. The molecule has 0 unspecified atom stereocenters. The molecular weight excluding hydrogens is 246 g/mol. The van der Waals surface area contributed by atoms with Crippen LogP contribution in [-0.2, 0) is 0 Å². The SMILES string of the molecule is CN1CCC(Nc2ccc(N(C)C)c(Cl)c2)CC1. The molecule has 1 fully saturated rings. The van der Waals surface area contributed by atoms with Crippen LogP contribution >= 0.6 is 11.6 Å². The van der Waals surface area contributed by atoms with Gasteiger partial charge in [0.25, 0.3) is 0 Å². The fourth-order valence-electron chi connectivity index (χ4n) is 2.35. The highest BCUT2D eigenvalue weighted by Crippen LogP contribution is 2.28. The third-order valence-corrected chi connectivity index (χ3v) is 3.82. The summed E-state index contributed by atoms with van der Waals surface area (Å²) in [5.41, 5.74) is 2.19. The van der Waals surface area contributed by atoms with Gasteiger partial charge in [0.2, 0.25) is 0 Å². The van der Waals surface area contributed by atoms with E-state index in [-0.39, 0.29) is 0 Å². The zero-order valence-corrected chi connectivity index (χ0v) is 12.2. The van der Waals surface area contributed by atoms with Gasteiger partial charge in [-0.2, -0.15) is 0 Å². The number of nitrogens with zero attached hydrogens (tertiary/aromatic N) is 2. The van der Waals surface area contributed by atoms with E-state index in [1.54, 1.807) is 0 Å². The Morgan fingerprint density at radius 2 is 1.94 bits per heavy atom. The van der Waals surface area contributed by atoms with E-state index in [4.69, 9.17) is 11.6 Å². The summed E-state index contributed by atoms with van der Waals surface area (Å²) < 4.78 is 0. The molecule has 1 aromatic carbocycles. The van der Waals surface area contributed by atoms with Crippen molar-refractivity contribution in [3.05, 3.63) is 23.2 Å². The Labute approximate surface area is 115 Å². The Bertz CT molecular complexity index is 398. The normalized spacial score (nSPS) is 17.8. The van der Waals surface area contributed by atoms with Crippen molar-refractivity contribution in [3.63, 3.8) is 0 Å². The van der Waals surface area contributed by atoms with E-state index in [1.807, 2.05) is 25.1 Å². The second-order valence-electron chi connectivity index (χ2n) is 5.28. The van der Waals surface area contributed by atoms with Crippen molar-refractivity contribution in [1.29, 1.82) is 0 Å². The Hall–Kier alpha value is -0.930. The highest BCUT2D eigenvalue weighted by Gasteiger charge is 2.16. The van der Waals surface area contributed by atoms with Crippen LogP contribution in [0.15, 0.2) is 18.2 Å². The molecule has 18 heavy (non-hydrogen) atoms. The predicted octanol–water partition coefficient (Wildman–Crippen LogP) is 2.91. The van der Waals surface area contributed by atoms with Crippen LogP contribution in [0.1, 0.15) is 12.8 Å². The number of piperidine rings is 1. The first-order valence-corrected chi connectivity index (χ1v) is 6.86. The minimum Gasteiger partial charge on any atom is -0.382 e. The van der Waals surface area contributed by atoms with Crippen molar-refractivity contribution in [1.82, 2.24) is 4.90 Å². The number of hydrogen-bond acceptors (Lipinski definition) is 3. The largest absolute Gasteiger partial charge is 0.382 e. The fourth-order valence-corrected chi connectivity index (χ4v) is 2.70. The van der Waals surface area contributed by atoms with Gasteiger partial charge < -0.3 is 15.1 Å². The van der Waals surface area contributed by atoms with Crippen molar-refractivity contribution >= 4 is 23.0 Å². The lowest BCUT2D eigenvalue weighted by Crippen LogP contribution is -2.36. The number of nitrogens with one attached hydrogen (secondary N) is 1. The van der Waals surface area contributed by atoms with E-state index >= 15 is 0 Å². The Balaban J connectivity index is 2.00. The second kappa shape index (κ2) is 5.81. The molecule has 3 nitrogen and oxygen atoms in total. The number of rotatable bonds is 3. The second-order valence-corrected chi connectivity index (χ2v) is 5.69. The summed E-state index contributed by atoms with van der Waals surface area (Å²) in [5.74, 6) is 0. The number of benzene rings is 1. The van der Waals surface area contributed by atoms with Gasteiger partial charge in [-0.05, 0) is 51.2 Å². The van der Waals surface area contributed by atoms with Gasteiger partial charge in [-0.1, -0.05) is 11.6 Å². The van der Waals surface area contributed by atoms with Crippen molar-refractivity contribution in [3.8, 4) is 0 Å². The Morgan fingerprint density at radius 1 is 1.28 bits per heavy atom. The topological polar surface area (TPSA) is 18.5 Å². The first kappa shape index (κ1) is 13.5. The van der Waals surface area contributed by atoms with Gasteiger partial charge in [0.1, 0.15) is 0 Å². The average Bonchev–Trinajstić information content (AvgIpc) is 2.32. The third kappa shape index (κ3) is 3.30. The number of anilines is 2. The molecule has 0 radical (unpaired) electrons. The fraction of sp³-hybridized carbons (Fsp3) is 0.571. The maximum absolute atomic E-state index is 6.28. The van der Waals surface area contributed by atoms with Crippen LogP contribution in [0.25, 0.3) is 0 Å². The van der Waals surface area contributed by atoms with Crippen LogP contribution in [-0.4, -0.2) is 45.2 Å². The minimum atomic E-state index is 0.572. The number of halogens is 1. The monoisotopic (exact) mass is 267 g/mol. The van der Waals surface area contributed by atoms with Crippen LogP contribution < -0.4 is 10.2 Å². The first-order chi connectivity index (χ1) is 8.56. The predicted molar refractivity (Wildman–Crippen MR) is 79.9 cm³/mol. The van der Waals surface area contributed by atoms with Crippen LogP contribution in [0.4, 0.5) is 11.4 Å². The lowest BCUT2D eigenvalue weighted by molar-refractivity contribution is 0.264. The highest BCUT2D eigenvalue weighted by atomic mass is 35.5. The van der Waals surface area contributed by atoms with E-state index in [0.29, 0.717) is 6.04 Å². The van der Waals surface area contributed by atoms with E-state index in [1.165, 1.54) is 25.9 Å². The molecule has 1 aromatic rings. The van der Waals surface area contributed by atoms with Gasteiger partial charge in [-0.25, -0.2) is 0 Å². The van der Waals surface area contributed by atoms with E-state index < -0.39 is 0 Å². The molecule has 0 bridgehead atoms. The molecular formula is C14H22ClN3. The molecule has 4 heteroatoms. The smallest absolute Gasteiger partial charge is 0.0659 e. The summed E-state index contributed by atoms with van der Waals surface area (Å²) in [6.07, 6.45) is 2.40.